The van der Waals surface area contributed by atoms with Gasteiger partial charge in [-0.05, 0) is 38.1 Å². The van der Waals surface area contributed by atoms with Crippen LogP contribution in [0.2, 0.25) is 0 Å². The first-order valence-corrected chi connectivity index (χ1v) is 8.96. The normalized spacial score (nSPS) is 40.5. The first kappa shape index (κ1) is 14.8. The fourth-order valence-corrected chi connectivity index (χ4v) is 5.00. The Morgan fingerprint density at radius 3 is 2.80 bits per heavy atom. The van der Waals surface area contributed by atoms with Crippen molar-refractivity contribution in [3.05, 3.63) is 0 Å². The van der Waals surface area contributed by atoms with Crippen molar-refractivity contribution in [1.82, 2.24) is 9.80 Å². The van der Waals surface area contributed by atoms with E-state index in [0.29, 0.717) is 5.54 Å². The zero-order valence-electron chi connectivity index (χ0n) is 13.3. The molecule has 2 saturated heterocycles. The molecule has 2 N–H and O–H groups in total. The van der Waals surface area contributed by atoms with Crippen LogP contribution in [0.25, 0.3) is 0 Å². The standard InChI is InChI=1S/C17H33N3/c1-2-15-6-5-8-17(12-15,14-18)20-11-10-19-9-4-3-7-16(19)13-20/h15-16H,2-14,18H2,1H3. The van der Waals surface area contributed by atoms with Gasteiger partial charge < -0.3 is 5.73 Å². The molecule has 3 aliphatic rings. The molecule has 2 heterocycles. The van der Waals surface area contributed by atoms with E-state index in [1.807, 2.05) is 0 Å². The van der Waals surface area contributed by atoms with E-state index >= 15 is 0 Å². The van der Waals surface area contributed by atoms with Crippen molar-refractivity contribution in [3.63, 3.8) is 0 Å². The second-order valence-corrected chi connectivity index (χ2v) is 7.43. The van der Waals surface area contributed by atoms with Gasteiger partial charge in [0.2, 0.25) is 0 Å². The number of hydrogen-bond acceptors (Lipinski definition) is 3. The highest BCUT2D eigenvalue weighted by atomic mass is 15.3. The van der Waals surface area contributed by atoms with E-state index in [-0.39, 0.29) is 0 Å². The van der Waals surface area contributed by atoms with E-state index in [1.54, 1.807) is 0 Å². The van der Waals surface area contributed by atoms with Crippen molar-refractivity contribution in [3.8, 4) is 0 Å². The maximum Gasteiger partial charge on any atom is 0.0335 e. The minimum absolute atomic E-state index is 0.336. The van der Waals surface area contributed by atoms with Gasteiger partial charge in [-0.1, -0.05) is 32.6 Å². The Hall–Kier alpha value is -0.120. The average molecular weight is 279 g/mol. The van der Waals surface area contributed by atoms with E-state index in [0.717, 1.165) is 18.5 Å². The lowest BCUT2D eigenvalue weighted by molar-refractivity contribution is -0.0355. The number of piperidine rings is 1. The molecule has 2 aliphatic heterocycles. The summed E-state index contributed by atoms with van der Waals surface area (Å²) in [5.74, 6) is 0.914. The van der Waals surface area contributed by atoms with Gasteiger partial charge >= 0.3 is 0 Å². The van der Waals surface area contributed by atoms with Crippen LogP contribution in [-0.2, 0) is 0 Å². The van der Waals surface area contributed by atoms with Gasteiger partial charge in [0.05, 0.1) is 0 Å². The lowest BCUT2D eigenvalue weighted by Gasteiger charge is -2.54. The lowest BCUT2D eigenvalue weighted by Crippen LogP contribution is -2.64. The smallest absolute Gasteiger partial charge is 0.0335 e. The Labute approximate surface area is 124 Å². The Balaban J connectivity index is 1.69. The summed E-state index contributed by atoms with van der Waals surface area (Å²) in [6.45, 7) is 8.39. The number of nitrogens with zero attached hydrogens (tertiary/aromatic N) is 2. The van der Waals surface area contributed by atoms with Gasteiger partial charge in [0, 0.05) is 37.8 Å². The van der Waals surface area contributed by atoms with E-state index in [9.17, 15) is 0 Å². The summed E-state index contributed by atoms with van der Waals surface area (Å²) in [7, 11) is 0. The van der Waals surface area contributed by atoms with Crippen LogP contribution in [0.3, 0.4) is 0 Å². The molecular formula is C17H33N3. The van der Waals surface area contributed by atoms with E-state index in [1.165, 1.54) is 77.5 Å². The Morgan fingerprint density at radius 1 is 1.10 bits per heavy atom. The molecule has 3 rings (SSSR count). The molecule has 0 aromatic heterocycles. The molecule has 0 bridgehead atoms. The molecule has 3 fully saturated rings. The monoisotopic (exact) mass is 279 g/mol. The predicted molar refractivity (Wildman–Crippen MR) is 84.8 cm³/mol. The molecule has 0 aromatic rings. The Kier molecular flexibility index (Phi) is 4.68. The number of nitrogens with two attached hydrogens (primary N) is 1. The molecule has 0 radical (unpaired) electrons. The first-order chi connectivity index (χ1) is 9.77. The van der Waals surface area contributed by atoms with Crippen molar-refractivity contribution < 1.29 is 0 Å². The van der Waals surface area contributed by atoms with E-state index < -0.39 is 0 Å². The van der Waals surface area contributed by atoms with Gasteiger partial charge in [-0.25, -0.2) is 0 Å². The number of fused-ring (bicyclic) bond motifs is 1. The summed E-state index contributed by atoms with van der Waals surface area (Å²) >= 11 is 0. The van der Waals surface area contributed by atoms with Gasteiger partial charge in [0.1, 0.15) is 0 Å². The zero-order valence-corrected chi connectivity index (χ0v) is 13.3. The zero-order chi connectivity index (χ0) is 14.0. The molecule has 3 heteroatoms. The Bertz CT molecular complexity index is 319. The van der Waals surface area contributed by atoms with Crippen molar-refractivity contribution in [2.24, 2.45) is 11.7 Å². The summed E-state index contributed by atoms with van der Waals surface area (Å²) in [6, 6.07) is 0.822. The van der Waals surface area contributed by atoms with Crippen LogP contribution in [0.4, 0.5) is 0 Å². The summed E-state index contributed by atoms with van der Waals surface area (Å²) in [6.07, 6.45) is 11.1. The predicted octanol–water partition coefficient (Wildman–Crippen LogP) is 2.45. The van der Waals surface area contributed by atoms with Crippen molar-refractivity contribution in [1.29, 1.82) is 0 Å². The van der Waals surface area contributed by atoms with Crippen LogP contribution >= 0.6 is 0 Å². The third-order valence-corrected chi connectivity index (χ3v) is 6.39. The topological polar surface area (TPSA) is 32.5 Å². The summed E-state index contributed by atoms with van der Waals surface area (Å²) in [4.78, 5) is 5.55. The van der Waals surface area contributed by atoms with Gasteiger partial charge in [-0.3, -0.25) is 9.80 Å². The molecular weight excluding hydrogens is 246 g/mol. The second-order valence-electron chi connectivity index (χ2n) is 7.43. The Morgan fingerprint density at radius 2 is 2.00 bits per heavy atom. The summed E-state index contributed by atoms with van der Waals surface area (Å²) < 4.78 is 0. The molecule has 3 nitrogen and oxygen atoms in total. The molecule has 3 atom stereocenters. The molecule has 3 unspecified atom stereocenters. The second kappa shape index (κ2) is 6.33. The van der Waals surface area contributed by atoms with E-state index in [2.05, 4.69) is 16.7 Å². The van der Waals surface area contributed by atoms with Crippen molar-refractivity contribution >= 4 is 0 Å². The summed E-state index contributed by atoms with van der Waals surface area (Å²) in [5.41, 5.74) is 6.63. The molecule has 1 aliphatic carbocycles. The number of rotatable bonds is 3. The highest BCUT2D eigenvalue weighted by Gasteiger charge is 2.43. The van der Waals surface area contributed by atoms with Gasteiger partial charge in [0.15, 0.2) is 0 Å². The third kappa shape index (κ3) is 2.77. The lowest BCUT2D eigenvalue weighted by atomic mass is 9.73. The highest BCUT2D eigenvalue weighted by Crippen LogP contribution is 2.39. The van der Waals surface area contributed by atoms with Crippen LogP contribution in [-0.4, -0.2) is 54.1 Å². The molecule has 0 aromatic carbocycles. The van der Waals surface area contributed by atoms with E-state index in [4.69, 9.17) is 5.73 Å². The van der Waals surface area contributed by atoms with Gasteiger partial charge in [0.25, 0.3) is 0 Å². The van der Waals surface area contributed by atoms with Crippen LogP contribution in [0.5, 0.6) is 0 Å². The minimum atomic E-state index is 0.336. The fourth-order valence-electron chi connectivity index (χ4n) is 5.00. The number of hydrogen-bond donors (Lipinski definition) is 1. The third-order valence-electron chi connectivity index (χ3n) is 6.39. The van der Waals surface area contributed by atoms with Gasteiger partial charge in [-0.15, -0.1) is 0 Å². The molecule has 20 heavy (non-hydrogen) atoms. The van der Waals surface area contributed by atoms with Crippen LogP contribution in [0, 0.1) is 5.92 Å². The molecule has 116 valence electrons. The van der Waals surface area contributed by atoms with Crippen molar-refractivity contribution in [2.45, 2.75) is 69.9 Å². The van der Waals surface area contributed by atoms with Crippen LogP contribution in [0.15, 0.2) is 0 Å². The summed E-state index contributed by atoms with van der Waals surface area (Å²) in [5, 5.41) is 0. The molecule has 0 amide bonds. The SMILES string of the molecule is CCC1CCCC(CN)(N2CCN3CCCCC3C2)C1. The van der Waals surface area contributed by atoms with Crippen molar-refractivity contribution in [2.75, 3.05) is 32.7 Å². The first-order valence-electron chi connectivity index (χ1n) is 8.96. The fraction of sp³-hybridized carbons (Fsp3) is 1.00. The van der Waals surface area contributed by atoms with Crippen LogP contribution < -0.4 is 5.73 Å². The maximum absolute atomic E-state index is 6.30. The van der Waals surface area contributed by atoms with Crippen LogP contribution in [0.1, 0.15) is 58.3 Å². The molecule has 1 saturated carbocycles. The highest BCUT2D eigenvalue weighted by molar-refractivity contribution is 5.00. The quantitative estimate of drug-likeness (QED) is 0.861. The number of piperazine rings is 1. The maximum atomic E-state index is 6.30. The minimum Gasteiger partial charge on any atom is -0.329 e. The van der Waals surface area contributed by atoms with Gasteiger partial charge in [-0.2, -0.15) is 0 Å². The average Bonchev–Trinajstić information content (AvgIpc) is 2.54. The largest absolute Gasteiger partial charge is 0.329 e. The molecule has 0 spiro atoms.